The summed E-state index contributed by atoms with van der Waals surface area (Å²) in [5.74, 6) is 0.269. The fraction of sp³-hybridized carbons (Fsp3) is 0.588. The highest BCUT2D eigenvalue weighted by Gasteiger charge is 2.23. The Balaban J connectivity index is 1.98. The van der Waals surface area contributed by atoms with E-state index in [1.165, 1.54) is 16.8 Å². The molecule has 0 fully saturated rings. The van der Waals surface area contributed by atoms with Crippen LogP contribution in [-0.2, 0) is 11.2 Å². The van der Waals surface area contributed by atoms with E-state index < -0.39 is 0 Å². The number of hydrogen-bond donors (Lipinski definition) is 1. The summed E-state index contributed by atoms with van der Waals surface area (Å²) in [6.45, 7) is 8.15. The molecule has 1 aliphatic heterocycles. The summed E-state index contributed by atoms with van der Waals surface area (Å²) in [7, 11) is 0. The molecule has 0 saturated carbocycles. The molecule has 0 spiro atoms. The van der Waals surface area contributed by atoms with Gasteiger partial charge in [-0.25, -0.2) is 0 Å². The lowest BCUT2D eigenvalue weighted by Crippen LogP contribution is -2.36. The van der Waals surface area contributed by atoms with Gasteiger partial charge in [-0.05, 0) is 43.9 Å². The number of nitrogens with one attached hydrogen (secondary N) is 1. The number of amides is 1. The summed E-state index contributed by atoms with van der Waals surface area (Å²) in [4.78, 5) is 14.5. The molecule has 1 heterocycles. The van der Waals surface area contributed by atoms with Crippen LogP contribution in [0, 0.1) is 6.92 Å². The fourth-order valence-corrected chi connectivity index (χ4v) is 2.86. The van der Waals surface area contributed by atoms with E-state index in [1.807, 2.05) is 4.90 Å². The van der Waals surface area contributed by atoms with Crippen molar-refractivity contribution in [3.8, 4) is 0 Å². The predicted molar refractivity (Wildman–Crippen MR) is 84.2 cm³/mol. The minimum atomic E-state index is 0.269. The van der Waals surface area contributed by atoms with Crippen LogP contribution in [0.4, 0.5) is 5.69 Å². The Morgan fingerprint density at radius 2 is 2.20 bits per heavy atom. The highest BCUT2D eigenvalue weighted by molar-refractivity contribution is 5.95. The van der Waals surface area contributed by atoms with Gasteiger partial charge in [0.2, 0.25) is 5.91 Å². The standard InChI is InChI=1S/C17H26N2O/c1-13(2)18-11-5-10-16(20)19-12-6-9-15-8-4-7-14(3)17(15)19/h4,7-8,13,18H,5-6,9-12H2,1-3H3. The van der Waals surface area contributed by atoms with Crippen LogP contribution in [0.2, 0.25) is 0 Å². The van der Waals surface area contributed by atoms with Crippen molar-refractivity contribution in [2.24, 2.45) is 0 Å². The average Bonchev–Trinajstić information content (AvgIpc) is 2.43. The van der Waals surface area contributed by atoms with Crippen molar-refractivity contribution in [3.63, 3.8) is 0 Å². The minimum Gasteiger partial charge on any atom is -0.315 e. The number of carbonyl (C=O) groups excluding carboxylic acids is 1. The summed E-state index contributed by atoms with van der Waals surface area (Å²) in [6, 6.07) is 6.84. The van der Waals surface area contributed by atoms with Crippen LogP contribution in [0.25, 0.3) is 0 Å². The Labute approximate surface area is 122 Å². The van der Waals surface area contributed by atoms with Crippen LogP contribution in [-0.4, -0.2) is 25.0 Å². The lowest BCUT2D eigenvalue weighted by atomic mass is 9.98. The van der Waals surface area contributed by atoms with Crippen molar-refractivity contribution in [2.75, 3.05) is 18.0 Å². The Morgan fingerprint density at radius 3 is 2.95 bits per heavy atom. The van der Waals surface area contributed by atoms with Gasteiger partial charge in [0, 0.05) is 24.7 Å². The number of carbonyl (C=O) groups is 1. The SMILES string of the molecule is Cc1cccc2c1N(C(=O)CCCNC(C)C)CCC2. The maximum atomic E-state index is 12.5. The molecule has 0 aliphatic carbocycles. The number of hydrogen-bond acceptors (Lipinski definition) is 2. The summed E-state index contributed by atoms with van der Waals surface area (Å²) in [5, 5.41) is 3.36. The highest BCUT2D eigenvalue weighted by Crippen LogP contribution is 2.30. The van der Waals surface area contributed by atoms with Gasteiger partial charge in [0.25, 0.3) is 0 Å². The molecule has 0 atom stereocenters. The maximum absolute atomic E-state index is 12.5. The molecule has 20 heavy (non-hydrogen) atoms. The van der Waals surface area contributed by atoms with Crippen LogP contribution in [0.3, 0.4) is 0 Å². The van der Waals surface area contributed by atoms with Crippen molar-refractivity contribution in [1.29, 1.82) is 0 Å². The topological polar surface area (TPSA) is 32.3 Å². The largest absolute Gasteiger partial charge is 0.315 e. The first kappa shape index (κ1) is 15.0. The van der Waals surface area contributed by atoms with E-state index in [1.54, 1.807) is 0 Å². The molecule has 0 radical (unpaired) electrons. The molecule has 3 heteroatoms. The third-order valence-corrected chi connectivity index (χ3v) is 3.84. The number of rotatable bonds is 5. The number of para-hydroxylation sites is 1. The molecular formula is C17H26N2O. The third-order valence-electron chi connectivity index (χ3n) is 3.84. The van der Waals surface area contributed by atoms with Crippen molar-refractivity contribution < 1.29 is 4.79 Å². The number of aryl methyl sites for hydroxylation is 2. The van der Waals surface area contributed by atoms with Crippen molar-refractivity contribution in [2.45, 2.75) is 52.5 Å². The minimum absolute atomic E-state index is 0.269. The molecule has 0 saturated heterocycles. The third kappa shape index (κ3) is 3.60. The fourth-order valence-electron chi connectivity index (χ4n) is 2.86. The van der Waals surface area contributed by atoms with Gasteiger partial charge in [-0.2, -0.15) is 0 Å². The molecule has 1 N–H and O–H groups in total. The number of nitrogens with zero attached hydrogens (tertiary/aromatic N) is 1. The molecule has 1 amide bonds. The molecule has 0 aromatic heterocycles. The van der Waals surface area contributed by atoms with Gasteiger partial charge in [0.1, 0.15) is 0 Å². The van der Waals surface area contributed by atoms with Gasteiger partial charge in [-0.3, -0.25) is 4.79 Å². The monoisotopic (exact) mass is 274 g/mol. The van der Waals surface area contributed by atoms with E-state index in [0.29, 0.717) is 12.5 Å². The van der Waals surface area contributed by atoms with Crippen LogP contribution in [0.1, 0.15) is 44.2 Å². The summed E-state index contributed by atoms with van der Waals surface area (Å²) in [5.41, 5.74) is 3.71. The summed E-state index contributed by atoms with van der Waals surface area (Å²) >= 11 is 0. The molecule has 1 aromatic carbocycles. The smallest absolute Gasteiger partial charge is 0.227 e. The Hall–Kier alpha value is -1.35. The van der Waals surface area contributed by atoms with Gasteiger partial charge >= 0.3 is 0 Å². The van der Waals surface area contributed by atoms with Crippen molar-refractivity contribution in [3.05, 3.63) is 29.3 Å². The molecule has 2 rings (SSSR count). The normalized spacial score (nSPS) is 14.5. The number of anilines is 1. The predicted octanol–water partition coefficient (Wildman–Crippen LogP) is 3.05. The Kier molecular flexibility index (Phi) is 5.18. The first-order chi connectivity index (χ1) is 9.59. The van der Waals surface area contributed by atoms with E-state index >= 15 is 0 Å². The van der Waals surface area contributed by atoms with E-state index in [-0.39, 0.29) is 5.91 Å². The lowest BCUT2D eigenvalue weighted by Gasteiger charge is -2.31. The molecule has 0 bridgehead atoms. The van der Waals surface area contributed by atoms with Crippen LogP contribution in [0.5, 0.6) is 0 Å². The van der Waals surface area contributed by atoms with E-state index in [4.69, 9.17) is 0 Å². The first-order valence-corrected chi connectivity index (χ1v) is 7.72. The van der Waals surface area contributed by atoms with E-state index in [2.05, 4.69) is 44.3 Å². The van der Waals surface area contributed by atoms with Gasteiger partial charge in [-0.15, -0.1) is 0 Å². The van der Waals surface area contributed by atoms with Gasteiger partial charge in [-0.1, -0.05) is 32.0 Å². The molecular weight excluding hydrogens is 248 g/mol. The highest BCUT2D eigenvalue weighted by atomic mass is 16.2. The molecule has 3 nitrogen and oxygen atoms in total. The van der Waals surface area contributed by atoms with Crippen LogP contribution < -0.4 is 10.2 Å². The van der Waals surface area contributed by atoms with Gasteiger partial charge in [0.15, 0.2) is 0 Å². The van der Waals surface area contributed by atoms with E-state index in [0.717, 1.165) is 32.4 Å². The molecule has 1 aliphatic rings. The molecule has 0 unspecified atom stereocenters. The molecule has 1 aromatic rings. The van der Waals surface area contributed by atoms with E-state index in [9.17, 15) is 4.79 Å². The Bertz CT molecular complexity index is 468. The molecule has 110 valence electrons. The first-order valence-electron chi connectivity index (χ1n) is 7.72. The van der Waals surface area contributed by atoms with Crippen LogP contribution >= 0.6 is 0 Å². The second kappa shape index (κ2) is 6.89. The summed E-state index contributed by atoms with van der Waals surface area (Å²) in [6.07, 6.45) is 3.71. The van der Waals surface area contributed by atoms with Crippen molar-refractivity contribution in [1.82, 2.24) is 5.32 Å². The zero-order chi connectivity index (χ0) is 14.5. The van der Waals surface area contributed by atoms with Gasteiger partial charge < -0.3 is 10.2 Å². The zero-order valence-electron chi connectivity index (χ0n) is 12.9. The zero-order valence-corrected chi connectivity index (χ0v) is 12.9. The average molecular weight is 274 g/mol. The van der Waals surface area contributed by atoms with Crippen molar-refractivity contribution >= 4 is 11.6 Å². The Morgan fingerprint density at radius 1 is 1.40 bits per heavy atom. The number of fused-ring (bicyclic) bond motifs is 1. The second-order valence-electron chi connectivity index (χ2n) is 5.94. The quantitative estimate of drug-likeness (QED) is 0.837. The number of benzene rings is 1. The van der Waals surface area contributed by atoms with Gasteiger partial charge in [0.05, 0.1) is 0 Å². The second-order valence-corrected chi connectivity index (χ2v) is 5.94. The lowest BCUT2D eigenvalue weighted by molar-refractivity contribution is -0.118. The maximum Gasteiger partial charge on any atom is 0.227 e. The summed E-state index contributed by atoms with van der Waals surface area (Å²) < 4.78 is 0. The van der Waals surface area contributed by atoms with Crippen LogP contribution in [0.15, 0.2) is 18.2 Å².